The van der Waals surface area contributed by atoms with Gasteiger partial charge in [0.25, 0.3) is 0 Å². The lowest BCUT2D eigenvalue weighted by molar-refractivity contribution is 0.217. The number of thiophene rings is 1. The number of aromatic nitrogens is 2. The van der Waals surface area contributed by atoms with E-state index in [0.717, 1.165) is 31.1 Å². The quantitative estimate of drug-likeness (QED) is 0.700. The van der Waals surface area contributed by atoms with Crippen LogP contribution in [0, 0.1) is 6.92 Å². The number of methoxy groups -OCH3 is 1. The first-order chi connectivity index (χ1) is 12.6. The summed E-state index contributed by atoms with van der Waals surface area (Å²) in [7, 11) is 3.66. The average molecular weight is 369 g/mol. The maximum Gasteiger partial charge on any atom is 0.165 e. The number of ether oxygens (including phenoxy) is 2. The lowest BCUT2D eigenvalue weighted by Crippen LogP contribution is -2.25. The van der Waals surface area contributed by atoms with Crippen LogP contribution in [0.4, 0.5) is 0 Å². The second kappa shape index (κ2) is 7.13. The van der Waals surface area contributed by atoms with Gasteiger partial charge < -0.3 is 9.47 Å². The highest BCUT2D eigenvalue weighted by molar-refractivity contribution is 7.15. The summed E-state index contributed by atoms with van der Waals surface area (Å²) in [4.78, 5) is 4.96. The Labute approximate surface area is 157 Å². The molecule has 1 aliphatic rings. The van der Waals surface area contributed by atoms with Gasteiger partial charge >= 0.3 is 0 Å². The molecule has 0 saturated heterocycles. The molecule has 0 amide bonds. The number of benzene rings is 1. The van der Waals surface area contributed by atoms with Gasteiger partial charge in [-0.1, -0.05) is 0 Å². The predicted octanol–water partition coefficient (Wildman–Crippen LogP) is 3.86. The lowest BCUT2D eigenvalue weighted by Gasteiger charge is -2.18. The van der Waals surface area contributed by atoms with E-state index >= 15 is 0 Å². The van der Waals surface area contributed by atoms with Gasteiger partial charge in [0.05, 0.1) is 13.3 Å². The molecule has 0 spiro atoms. The SMILES string of the molecule is COc1cc(-c2ccc(C)s2)cc2c1OCCN(Cc1cnn(C)c1)C2. The first-order valence-electron chi connectivity index (χ1n) is 8.73. The van der Waals surface area contributed by atoms with Crippen LogP contribution in [0.2, 0.25) is 0 Å². The van der Waals surface area contributed by atoms with Crippen LogP contribution in [0.25, 0.3) is 10.4 Å². The van der Waals surface area contributed by atoms with Gasteiger partial charge in [-0.25, -0.2) is 0 Å². The molecular weight excluding hydrogens is 346 g/mol. The fourth-order valence-electron chi connectivity index (χ4n) is 3.37. The van der Waals surface area contributed by atoms with Crippen molar-refractivity contribution in [2.75, 3.05) is 20.3 Å². The molecule has 3 heterocycles. The smallest absolute Gasteiger partial charge is 0.165 e. The molecule has 2 aromatic heterocycles. The van der Waals surface area contributed by atoms with Gasteiger partial charge in [-0.3, -0.25) is 9.58 Å². The highest BCUT2D eigenvalue weighted by Crippen LogP contribution is 2.40. The van der Waals surface area contributed by atoms with E-state index in [4.69, 9.17) is 9.47 Å². The summed E-state index contributed by atoms with van der Waals surface area (Å²) in [6, 6.07) is 8.65. The minimum Gasteiger partial charge on any atom is -0.493 e. The number of nitrogens with zero attached hydrogens (tertiary/aromatic N) is 3. The molecule has 6 heteroatoms. The first-order valence-corrected chi connectivity index (χ1v) is 9.54. The highest BCUT2D eigenvalue weighted by atomic mass is 32.1. The normalized spacial score (nSPS) is 14.6. The number of rotatable bonds is 4. The van der Waals surface area contributed by atoms with Crippen LogP contribution in [0.15, 0.2) is 36.7 Å². The average Bonchev–Trinajstić information content (AvgIpc) is 3.17. The summed E-state index contributed by atoms with van der Waals surface area (Å²) in [6.45, 7) is 5.36. The van der Waals surface area contributed by atoms with Gasteiger partial charge in [0, 0.05) is 53.8 Å². The summed E-state index contributed by atoms with van der Waals surface area (Å²) in [5.74, 6) is 1.69. The Kier molecular flexibility index (Phi) is 4.70. The van der Waals surface area contributed by atoms with Crippen molar-refractivity contribution < 1.29 is 9.47 Å². The molecule has 0 fully saturated rings. The maximum absolute atomic E-state index is 6.06. The van der Waals surface area contributed by atoms with E-state index in [1.54, 1.807) is 18.4 Å². The van der Waals surface area contributed by atoms with Gasteiger partial charge in [-0.15, -0.1) is 11.3 Å². The van der Waals surface area contributed by atoms with Gasteiger partial charge in [0.15, 0.2) is 11.5 Å². The molecule has 3 aromatic rings. The molecule has 0 saturated carbocycles. The third-order valence-electron chi connectivity index (χ3n) is 4.59. The van der Waals surface area contributed by atoms with Crippen molar-refractivity contribution in [1.29, 1.82) is 0 Å². The van der Waals surface area contributed by atoms with Crippen LogP contribution < -0.4 is 9.47 Å². The van der Waals surface area contributed by atoms with E-state index < -0.39 is 0 Å². The Morgan fingerprint density at radius 1 is 1.31 bits per heavy atom. The van der Waals surface area contributed by atoms with E-state index in [0.29, 0.717) is 6.61 Å². The third kappa shape index (κ3) is 3.48. The molecule has 1 aliphatic heterocycles. The van der Waals surface area contributed by atoms with Crippen molar-refractivity contribution in [3.63, 3.8) is 0 Å². The molecule has 0 atom stereocenters. The third-order valence-corrected chi connectivity index (χ3v) is 5.64. The predicted molar refractivity (Wildman–Crippen MR) is 104 cm³/mol. The topological polar surface area (TPSA) is 39.5 Å². The van der Waals surface area contributed by atoms with Crippen molar-refractivity contribution in [2.45, 2.75) is 20.0 Å². The molecule has 0 aliphatic carbocycles. The summed E-state index contributed by atoms with van der Waals surface area (Å²) >= 11 is 1.80. The Hall–Kier alpha value is -2.31. The molecule has 0 bridgehead atoms. The number of aryl methyl sites for hydroxylation is 2. The Balaban J connectivity index is 1.66. The maximum atomic E-state index is 6.06. The second-order valence-corrected chi connectivity index (χ2v) is 7.95. The Morgan fingerprint density at radius 3 is 2.88 bits per heavy atom. The fraction of sp³-hybridized carbons (Fsp3) is 0.350. The van der Waals surface area contributed by atoms with E-state index in [1.807, 2.05) is 17.9 Å². The fourth-order valence-corrected chi connectivity index (χ4v) is 4.22. The summed E-state index contributed by atoms with van der Waals surface area (Å²) in [5.41, 5.74) is 3.57. The van der Waals surface area contributed by atoms with Crippen molar-refractivity contribution in [2.24, 2.45) is 7.05 Å². The lowest BCUT2D eigenvalue weighted by atomic mass is 10.1. The molecule has 136 valence electrons. The minimum absolute atomic E-state index is 0.654. The monoisotopic (exact) mass is 369 g/mol. The van der Waals surface area contributed by atoms with E-state index in [-0.39, 0.29) is 0 Å². The Morgan fingerprint density at radius 2 is 2.19 bits per heavy atom. The van der Waals surface area contributed by atoms with Crippen LogP contribution in [0.5, 0.6) is 11.5 Å². The van der Waals surface area contributed by atoms with Gasteiger partial charge in [0.2, 0.25) is 0 Å². The summed E-state index contributed by atoms with van der Waals surface area (Å²) in [6.07, 6.45) is 4.00. The van der Waals surface area contributed by atoms with Crippen LogP contribution in [-0.4, -0.2) is 34.9 Å². The molecular formula is C20H23N3O2S. The molecule has 1 aromatic carbocycles. The van der Waals surface area contributed by atoms with Crippen LogP contribution >= 0.6 is 11.3 Å². The first kappa shape index (κ1) is 17.1. The number of fused-ring (bicyclic) bond motifs is 1. The van der Waals surface area contributed by atoms with Crippen molar-refractivity contribution in [1.82, 2.24) is 14.7 Å². The van der Waals surface area contributed by atoms with Crippen LogP contribution in [-0.2, 0) is 20.1 Å². The largest absolute Gasteiger partial charge is 0.493 e. The molecule has 5 nitrogen and oxygen atoms in total. The highest BCUT2D eigenvalue weighted by Gasteiger charge is 2.21. The zero-order valence-corrected chi connectivity index (χ0v) is 16.2. The molecule has 0 unspecified atom stereocenters. The minimum atomic E-state index is 0.654. The summed E-state index contributed by atoms with van der Waals surface area (Å²) < 4.78 is 13.5. The number of hydrogen-bond donors (Lipinski definition) is 0. The van der Waals surface area contributed by atoms with E-state index in [2.05, 4.69) is 47.4 Å². The zero-order chi connectivity index (χ0) is 18.1. The molecule has 26 heavy (non-hydrogen) atoms. The van der Waals surface area contributed by atoms with Crippen molar-refractivity contribution >= 4 is 11.3 Å². The van der Waals surface area contributed by atoms with Crippen molar-refractivity contribution in [3.8, 4) is 21.9 Å². The van der Waals surface area contributed by atoms with Crippen LogP contribution in [0.1, 0.15) is 16.0 Å². The summed E-state index contributed by atoms with van der Waals surface area (Å²) in [5, 5.41) is 4.27. The molecule has 4 rings (SSSR count). The zero-order valence-electron chi connectivity index (χ0n) is 15.4. The standard InChI is InChI=1S/C20H23N3O2S/c1-14-4-5-19(26-14)16-8-17-13-23(12-15-10-21-22(2)11-15)6-7-25-20(17)18(9-16)24-3/h4-5,8-11H,6-7,12-13H2,1-3H3. The van der Waals surface area contributed by atoms with E-state index in [9.17, 15) is 0 Å². The molecule has 0 N–H and O–H groups in total. The van der Waals surface area contributed by atoms with Crippen LogP contribution in [0.3, 0.4) is 0 Å². The second-order valence-electron chi connectivity index (χ2n) is 6.66. The van der Waals surface area contributed by atoms with Gasteiger partial charge in [-0.05, 0) is 36.8 Å². The Bertz CT molecular complexity index is 916. The van der Waals surface area contributed by atoms with Gasteiger partial charge in [-0.2, -0.15) is 5.10 Å². The number of hydrogen-bond acceptors (Lipinski definition) is 5. The van der Waals surface area contributed by atoms with E-state index in [1.165, 1.54) is 26.4 Å². The van der Waals surface area contributed by atoms with Crippen molar-refractivity contribution in [3.05, 3.63) is 52.7 Å². The van der Waals surface area contributed by atoms with Gasteiger partial charge in [0.1, 0.15) is 6.61 Å². The molecule has 0 radical (unpaired) electrons.